The van der Waals surface area contributed by atoms with Crippen LogP contribution in [0.3, 0.4) is 0 Å². The molecule has 5 nitrogen and oxygen atoms in total. The third kappa shape index (κ3) is 2.54. The minimum absolute atomic E-state index is 0.328. The van der Waals surface area contributed by atoms with E-state index in [-0.39, 0.29) is 0 Å². The van der Waals surface area contributed by atoms with Gasteiger partial charge in [0.15, 0.2) is 0 Å². The standard InChI is InChI=1S/C15H15N3O2/c1-9-5-15(20-4)12(7-14(9)19-3)13-6-11(8-16)17-10(2)18-13/h5-7H,1-4H3. The number of methoxy groups -OCH3 is 2. The maximum absolute atomic E-state index is 9.01. The van der Waals surface area contributed by atoms with Gasteiger partial charge in [0.25, 0.3) is 0 Å². The van der Waals surface area contributed by atoms with Gasteiger partial charge in [-0.3, -0.25) is 0 Å². The number of nitriles is 1. The molecule has 0 N–H and O–H groups in total. The molecule has 0 saturated carbocycles. The van der Waals surface area contributed by atoms with E-state index >= 15 is 0 Å². The molecule has 102 valence electrons. The van der Waals surface area contributed by atoms with Crippen molar-refractivity contribution in [2.24, 2.45) is 0 Å². The van der Waals surface area contributed by atoms with Crippen molar-refractivity contribution < 1.29 is 9.47 Å². The average molecular weight is 269 g/mol. The van der Waals surface area contributed by atoms with E-state index in [4.69, 9.17) is 14.7 Å². The first-order valence-corrected chi connectivity index (χ1v) is 6.07. The van der Waals surface area contributed by atoms with Crippen LogP contribution in [0.15, 0.2) is 18.2 Å². The summed E-state index contributed by atoms with van der Waals surface area (Å²) in [5, 5.41) is 9.01. The van der Waals surface area contributed by atoms with E-state index < -0.39 is 0 Å². The smallest absolute Gasteiger partial charge is 0.144 e. The van der Waals surface area contributed by atoms with Gasteiger partial charge in [-0.1, -0.05) is 0 Å². The van der Waals surface area contributed by atoms with Crippen molar-refractivity contribution in [2.75, 3.05) is 14.2 Å². The Labute approximate surface area is 117 Å². The molecule has 0 amide bonds. The number of aromatic nitrogens is 2. The number of nitrogens with zero attached hydrogens (tertiary/aromatic N) is 3. The van der Waals surface area contributed by atoms with E-state index in [0.717, 1.165) is 16.9 Å². The number of ether oxygens (including phenoxy) is 2. The molecular formula is C15H15N3O2. The van der Waals surface area contributed by atoms with Gasteiger partial charge < -0.3 is 9.47 Å². The average Bonchev–Trinajstić information content (AvgIpc) is 2.46. The fraction of sp³-hybridized carbons (Fsp3) is 0.267. The second-order valence-electron chi connectivity index (χ2n) is 4.32. The molecule has 0 unspecified atom stereocenters. The molecule has 0 saturated heterocycles. The highest BCUT2D eigenvalue weighted by atomic mass is 16.5. The van der Waals surface area contributed by atoms with Crippen molar-refractivity contribution in [3.8, 4) is 28.8 Å². The maximum Gasteiger partial charge on any atom is 0.144 e. The van der Waals surface area contributed by atoms with Crippen LogP contribution in [0.4, 0.5) is 0 Å². The zero-order valence-corrected chi connectivity index (χ0v) is 11.9. The Kier molecular flexibility index (Phi) is 3.85. The lowest BCUT2D eigenvalue weighted by atomic mass is 10.1. The summed E-state index contributed by atoms with van der Waals surface area (Å²) in [6.45, 7) is 3.69. The van der Waals surface area contributed by atoms with Crippen LogP contribution in [-0.2, 0) is 0 Å². The van der Waals surface area contributed by atoms with E-state index in [1.807, 2.05) is 25.1 Å². The van der Waals surface area contributed by atoms with Crippen molar-refractivity contribution in [3.05, 3.63) is 35.3 Å². The zero-order valence-electron chi connectivity index (χ0n) is 11.9. The van der Waals surface area contributed by atoms with Crippen molar-refractivity contribution in [2.45, 2.75) is 13.8 Å². The van der Waals surface area contributed by atoms with Gasteiger partial charge in [0, 0.05) is 11.6 Å². The predicted molar refractivity (Wildman–Crippen MR) is 74.8 cm³/mol. The second-order valence-corrected chi connectivity index (χ2v) is 4.32. The van der Waals surface area contributed by atoms with Gasteiger partial charge in [-0.05, 0) is 31.5 Å². The van der Waals surface area contributed by atoms with E-state index in [2.05, 4.69) is 9.97 Å². The maximum atomic E-state index is 9.01. The van der Waals surface area contributed by atoms with E-state index in [1.54, 1.807) is 27.2 Å². The lowest BCUT2D eigenvalue weighted by Gasteiger charge is -2.13. The molecule has 0 aliphatic rings. The highest BCUT2D eigenvalue weighted by molar-refractivity contribution is 5.71. The van der Waals surface area contributed by atoms with Gasteiger partial charge in [0.05, 0.1) is 19.9 Å². The molecule has 0 fully saturated rings. The Hall–Kier alpha value is -2.61. The van der Waals surface area contributed by atoms with Crippen LogP contribution in [0, 0.1) is 25.2 Å². The van der Waals surface area contributed by atoms with Crippen molar-refractivity contribution >= 4 is 0 Å². The molecule has 0 bridgehead atoms. The zero-order chi connectivity index (χ0) is 14.7. The molecule has 0 radical (unpaired) electrons. The summed E-state index contributed by atoms with van der Waals surface area (Å²) >= 11 is 0. The normalized spacial score (nSPS) is 9.95. The summed E-state index contributed by atoms with van der Waals surface area (Å²) in [6, 6.07) is 7.42. The molecular weight excluding hydrogens is 254 g/mol. The first-order valence-electron chi connectivity index (χ1n) is 6.07. The summed E-state index contributed by atoms with van der Waals surface area (Å²) in [5.74, 6) is 1.97. The second kappa shape index (κ2) is 5.57. The fourth-order valence-electron chi connectivity index (χ4n) is 2.01. The Morgan fingerprint density at radius 1 is 1.00 bits per heavy atom. The SMILES string of the molecule is COc1cc(-c2cc(C#N)nc(C)n2)c(OC)cc1C. The van der Waals surface area contributed by atoms with Crippen LogP contribution in [-0.4, -0.2) is 24.2 Å². The number of hydrogen-bond donors (Lipinski definition) is 0. The highest BCUT2D eigenvalue weighted by Crippen LogP contribution is 2.35. The van der Waals surface area contributed by atoms with Gasteiger partial charge in [-0.2, -0.15) is 5.26 Å². The number of aryl methyl sites for hydroxylation is 2. The molecule has 0 atom stereocenters. The largest absolute Gasteiger partial charge is 0.496 e. The molecule has 0 aliphatic carbocycles. The van der Waals surface area contributed by atoms with Gasteiger partial charge in [0.1, 0.15) is 29.1 Å². The van der Waals surface area contributed by atoms with Crippen molar-refractivity contribution in [1.82, 2.24) is 9.97 Å². The summed E-state index contributed by atoms with van der Waals surface area (Å²) in [7, 11) is 3.22. The third-order valence-electron chi connectivity index (χ3n) is 2.95. The van der Waals surface area contributed by atoms with Gasteiger partial charge in [-0.15, -0.1) is 0 Å². The summed E-state index contributed by atoms with van der Waals surface area (Å²) in [4.78, 5) is 8.42. The number of benzene rings is 1. The van der Waals surface area contributed by atoms with Crippen LogP contribution in [0.1, 0.15) is 17.1 Å². The minimum atomic E-state index is 0.328. The molecule has 1 heterocycles. The lowest BCUT2D eigenvalue weighted by Crippen LogP contribution is -1.98. The topological polar surface area (TPSA) is 68.0 Å². The Balaban J connectivity index is 2.68. The molecule has 0 aliphatic heterocycles. The third-order valence-corrected chi connectivity index (χ3v) is 2.95. The molecule has 2 rings (SSSR count). The quantitative estimate of drug-likeness (QED) is 0.856. The molecule has 0 spiro atoms. The lowest BCUT2D eigenvalue weighted by molar-refractivity contribution is 0.401. The van der Waals surface area contributed by atoms with Crippen LogP contribution in [0.5, 0.6) is 11.5 Å². The Bertz CT molecular complexity index is 690. The first-order chi connectivity index (χ1) is 9.58. The van der Waals surface area contributed by atoms with E-state index in [1.165, 1.54) is 0 Å². The molecule has 1 aromatic carbocycles. The number of rotatable bonds is 3. The predicted octanol–water partition coefficient (Wildman–Crippen LogP) is 2.65. The molecule has 20 heavy (non-hydrogen) atoms. The summed E-state index contributed by atoms with van der Waals surface area (Å²) in [5.41, 5.74) is 2.72. The fourth-order valence-corrected chi connectivity index (χ4v) is 2.01. The number of hydrogen-bond acceptors (Lipinski definition) is 5. The highest BCUT2D eigenvalue weighted by Gasteiger charge is 2.13. The molecule has 1 aromatic heterocycles. The van der Waals surface area contributed by atoms with Crippen LogP contribution < -0.4 is 9.47 Å². The van der Waals surface area contributed by atoms with Crippen molar-refractivity contribution in [1.29, 1.82) is 5.26 Å². The van der Waals surface area contributed by atoms with Crippen LogP contribution in [0.2, 0.25) is 0 Å². The van der Waals surface area contributed by atoms with Crippen LogP contribution >= 0.6 is 0 Å². The van der Waals surface area contributed by atoms with Gasteiger partial charge in [0.2, 0.25) is 0 Å². The summed E-state index contributed by atoms with van der Waals surface area (Å²) < 4.78 is 10.7. The monoisotopic (exact) mass is 269 g/mol. The summed E-state index contributed by atoms with van der Waals surface area (Å²) in [6.07, 6.45) is 0. The molecule has 5 heteroatoms. The molecule has 2 aromatic rings. The first kappa shape index (κ1) is 13.8. The van der Waals surface area contributed by atoms with E-state index in [9.17, 15) is 0 Å². The minimum Gasteiger partial charge on any atom is -0.496 e. The van der Waals surface area contributed by atoms with Crippen molar-refractivity contribution in [3.63, 3.8) is 0 Å². The van der Waals surface area contributed by atoms with E-state index in [0.29, 0.717) is 23.0 Å². The Morgan fingerprint density at radius 2 is 1.70 bits per heavy atom. The Morgan fingerprint density at radius 3 is 2.30 bits per heavy atom. The van der Waals surface area contributed by atoms with Crippen LogP contribution in [0.25, 0.3) is 11.3 Å². The van der Waals surface area contributed by atoms with Gasteiger partial charge >= 0.3 is 0 Å². The van der Waals surface area contributed by atoms with Gasteiger partial charge in [-0.25, -0.2) is 9.97 Å².